The van der Waals surface area contributed by atoms with Gasteiger partial charge in [-0.15, -0.1) is 0 Å². The summed E-state index contributed by atoms with van der Waals surface area (Å²) in [5.41, 5.74) is 3.51. The summed E-state index contributed by atoms with van der Waals surface area (Å²) >= 11 is 0. The van der Waals surface area contributed by atoms with E-state index in [1.807, 2.05) is 43.3 Å². The maximum absolute atomic E-state index is 12.4. The zero-order valence-corrected chi connectivity index (χ0v) is 19.4. The van der Waals surface area contributed by atoms with E-state index in [9.17, 15) is 14.4 Å². The number of benzene rings is 2. The number of anilines is 2. The van der Waals surface area contributed by atoms with Gasteiger partial charge in [-0.05, 0) is 48.9 Å². The maximum Gasteiger partial charge on any atom is 0.247 e. The highest BCUT2D eigenvalue weighted by Gasteiger charge is 2.49. The lowest BCUT2D eigenvalue weighted by atomic mass is 9.82. The van der Waals surface area contributed by atoms with Gasteiger partial charge in [-0.2, -0.15) is 0 Å². The third kappa shape index (κ3) is 5.12. The number of hydrogen-bond donors (Lipinski definition) is 3. The Balaban J connectivity index is 1.52. The predicted octanol–water partition coefficient (Wildman–Crippen LogP) is 3.53. The fraction of sp³-hybridized carbons (Fsp3) is 0.185. The Morgan fingerprint density at radius 3 is 2.51 bits per heavy atom. The molecule has 0 radical (unpaired) electrons. The number of rotatable bonds is 9. The largest absolute Gasteiger partial charge is 0.495 e. The summed E-state index contributed by atoms with van der Waals surface area (Å²) in [5, 5.41) is 9.15. The highest BCUT2D eigenvalue weighted by atomic mass is 16.5. The Morgan fingerprint density at radius 1 is 1.06 bits per heavy atom. The highest BCUT2D eigenvalue weighted by Crippen LogP contribution is 2.31. The molecule has 8 heteroatoms. The molecule has 1 aliphatic rings. The van der Waals surface area contributed by atoms with Crippen molar-refractivity contribution in [2.24, 2.45) is 0 Å². The van der Waals surface area contributed by atoms with Gasteiger partial charge in [-0.3, -0.25) is 24.7 Å². The van der Waals surface area contributed by atoms with E-state index >= 15 is 0 Å². The molecule has 0 saturated heterocycles. The van der Waals surface area contributed by atoms with Gasteiger partial charge in [0.25, 0.3) is 0 Å². The number of aromatic nitrogens is 1. The first-order valence-corrected chi connectivity index (χ1v) is 11.1. The number of carbonyl (C=O) groups is 3. The van der Waals surface area contributed by atoms with Gasteiger partial charge in [0.2, 0.25) is 17.5 Å². The topological polar surface area (TPSA) is 109 Å². The van der Waals surface area contributed by atoms with Gasteiger partial charge in [0.05, 0.1) is 18.5 Å². The first-order valence-electron chi connectivity index (χ1n) is 11.1. The molecule has 3 N–H and O–H groups in total. The molecule has 35 heavy (non-hydrogen) atoms. The van der Waals surface area contributed by atoms with E-state index in [1.165, 1.54) is 13.2 Å². The van der Waals surface area contributed by atoms with Crippen LogP contribution in [0.25, 0.3) is 11.3 Å². The number of ketones is 2. The molecule has 1 aliphatic carbocycles. The Labute approximate surface area is 203 Å². The molecule has 8 nitrogen and oxygen atoms in total. The van der Waals surface area contributed by atoms with Crippen molar-refractivity contribution in [3.63, 3.8) is 0 Å². The smallest absolute Gasteiger partial charge is 0.247 e. The van der Waals surface area contributed by atoms with Crippen molar-refractivity contribution in [3.8, 4) is 17.0 Å². The summed E-state index contributed by atoms with van der Waals surface area (Å²) in [5.74, 6) is -0.754. The van der Waals surface area contributed by atoms with Crippen molar-refractivity contribution in [1.29, 1.82) is 0 Å². The first-order chi connectivity index (χ1) is 16.9. The van der Waals surface area contributed by atoms with Gasteiger partial charge in [-0.25, -0.2) is 0 Å². The van der Waals surface area contributed by atoms with Gasteiger partial charge >= 0.3 is 0 Å². The number of methoxy groups -OCH3 is 1. The normalized spacial score (nSPS) is 17.8. The molecular weight excluding hydrogens is 444 g/mol. The van der Waals surface area contributed by atoms with Crippen LogP contribution in [0.2, 0.25) is 0 Å². The minimum absolute atomic E-state index is 0.0981. The van der Waals surface area contributed by atoms with Crippen molar-refractivity contribution in [2.75, 3.05) is 17.7 Å². The molecule has 4 rings (SSSR count). The zero-order valence-electron chi connectivity index (χ0n) is 19.4. The molecule has 1 saturated carbocycles. The van der Waals surface area contributed by atoms with Gasteiger partial charge < -0.3 is 15.4 Å². The molecule has 178 valence electrons. The monoisotopic (exact) mass is 470 g/mol. The second kappa shape index (κ2) is 10.3. The standard InChI is InChI=1S/C27H26N4O4/c1-4-23(32)31-21-14-18(10-11-22(21)35-3)20-15-19(12-13-28-20)30-25-24(26(33)27(25)34)29-16(2)17-8-6-5-7-9-17/h4-16,24-25,29H,1H2,2-3H3,(H,28,30)(H,31,32). The number of amides is 1. The molecule has 0 aliphatic heterocycles. The fourth-order valence-corrected chi connectivity index (χ4v) is 3.95. The summed E-state index contributed by atoms with van der Waals surface area (Å²) in [6, 6.07) is 17.2. The highest BCUT2D eigenvalue weighted by molar-refractivity contribution is 6.49. The van der Waals surface area contributed by atoms with Crippen LogP contribution in [-0.2, 0) is 14.4 Å². The first kappa shape index (κ1) is 23.8. The van der Waals surface area contributed by atoms with E-state index in [4.69, 9.17) is 4.74 Å². The summed E-state index contributed by atoms with van der Waals surface area (Å²) < 4.78 is 5.32. The molecule has 0 bridgehead atoms. The van der Waals surface area contributed by atoms with E-state index in [2.05, 4.69) is 27.5 Å². The minimum Gasteiger partial charge on any atom is -0.495 e. The average molecular weight is 471 g/mol. The molecule has 0 spiro atoms. The maximum atomic E-state index is 12.4. The van der Waals surface area contributed by atoms with Crippen LogP contribution in [0, 0.1) is 0 Å². The van der Waals surface area contributed by atoms with Crippen molar-refractivity contribution < 1.29 is 19.1 Å². The molecule has 1 amide bonds. The van der Waals surface area contributed by atoms with E-state index in [1.54, 1.807) is 30.5 Å². The number of Topliss-reactive ketones (excluding diaryl/α,β-unsaturated/α-hetero) is 2. The second-order valence-electron chi connectivity index (χ2n) is 8.17. The molecular formula is C27H26N4O4. The van der Waals surface area contributed by atoms with Gasteiger partial charge in [0.15, 0.2) is 0 Å². The third-order valence-corrected chi connectivity index (χ3v) is 5.89. The molecule has 2 aromatic carbocycles. The third-order valence-electron chi connectivity index (χ3n) is 5.89. The van der Waals surface area contributed by atoms with E-state index in [0.717, 1.165) is 11.1 Å². The van der Waals surface area contributed by atoms with E-state index in [0.29, 0.717) is 22.8 Å². The Kier molecular flexibility index (Phi) is 7.03. The molecule has 1 fully saturated rings. The summed E-state index contributed by atoms with van der Waals surface area (Å²) in [6.07, 6.45) is 2.79. The quantitative estimate of drug-likeness (QED) is 0.324. The average Bonchev–Trinajstić information content (AvgIpc) is 2.90. The van der Waals surface area contributed by atoms with Crippen LogP contribution in [0.1, 0.15) is 18.5 Å². The van der Waals surface area contributed by atoms with Crippen LogP contribution in [0.3, 0.4) is 0 Å². The van der Waals surface area contributed by atoms with Crippen LogP contribution >= 0.6 is 0 Å². The lowest BCUT2D eigenvalue weighted by Gasteiger charge is -2.36. The van der Waals surface area contributed by atoms with Gasteiger partial charge in [0.1, 0.15) is 17.8 Å². The number of nitrogens with zero attached hydrogens (tertiary/aromatic N) is 1. The molecule has 1 aromatic heterocycles. The predicted molar refractivity (Wildman–Crippen MR) is 134 cm³/mol. The lowest BCUT2D eigenvalue weighted by Crippen LogP contribution is -2.67. The molecule has 3 aromatic rings. The SMILES string of the molecule is C=CC(=O)Nc1cc(-c2cc(NC3C(=O)C(=O)C3NC(C)c3ccccc3)ccn2)ccc1OC. The zero-order chi connectivity index (χ0) is 24.9. The van der Waals surface area contributed by atoms with Crippen LogP contribution in [0.15, 0.2) is 79.5 Å². The number of ether oxygens (including phenoxy) is 1. The van der Waals surface area contributed by atoms with Crippen molar-refractivity contribution in [2.45, 2.75) is 25.0 Å². The Hall–Kier alpha value is -4.30. The molecule has 3 unspecified atom stereocenters. The summed E-state index contributed by atoms with van der Waals surface area (Å²) in [4.78, 5) is 40.9. The Bertz CT molecular complexity index is 1280. The van der Waals surface area contributed by atoms with Gasteiger partial charge in [-0.1, -0.05) is 36.9 Å². The number of pyridine rings is 1. The van der Waals surface area contributed by atoms with Crippen molar-refractivity contribution in [1.82, 2.24) is 10.3 Å². The second-order valence-corrected chi connectivity index (χ2v) is 8.17. The number of carbonyl (C=O) groups excluding carboxylic acids is 3. The summed E-state index contributed by atoms with van der Waals surface area (Å²) in [7, 11) is 1.52. The summed E-state index contributed by atoms with van der Waals surface area (Å²) in [6.45, 7) is 5.43. The van der Waals surface area contributed by atoms with E-state index in [-0.39, 0.29) is 11.9 Å². The molecule has 1 heterocycles. The number of nitrogens with one attached hydrogen (secondary N) is 3. The fourth-order valence-electron chi connectivity index (χ4n) is 3.95. The van der Waals surface area contributed by atoms with Gasteiger partial charge in [0, 0.05) is 23.5 Å². The minimum atomic E-state index is -0.678. The number of hydrogen-bond acceptors (Lipinski definition) is 7. The lowest BCUT2D eigenvalue weighted by molar-refractivity contribution is -0.145. The van der Waals surface area contributed by atoms with Crippen LogP contribution in [-0.4, -0.2) is 41.7 Å². The van der Waals surface area contributed by atoms with Crippen LogP contribution in [0.5, 0.6) is 5.75 Å². The van der Waals surface area contributed by atoms with Crippen LogP contribution in [0.4, 0.5) is 11.4 Å². The Morgan fingerprint density at radius 2 is 1.80 bits per heavy atom. The van der Waals surface area contributed by atoms with Crippen molar-refractivity contribution in [3.05, 3.63) is 85.1 Å². The van der Waals surface area contributed by atoms with Crippen LogP contribution < -0.4 is 20.7 Å². The van der Waals surface area contributed by atoms with E-state index < -0.39 is 23.7 Å². The molecule has 3 atom stereocenters. The van der Waals surface area contributed by atoms with Crippen molar-refractivity contribution >= 4 is 28.8 Å².